The number of aryl methyl sites for hydroxylation is 1. The van der Waals surface area contributed by atoms with Gasteiger partial charge in [-0.3, -0.25) is 14.2 Å². The Kier molecular flexibility index (Phi) is 8.87. The van der Waals surface area contributed by atoms with Gasteiger partial charge in [0.2, 0.25) is 21.6 Å². The van der Waals surface area contributed by atoms with E-state index in [-0.39, 0.29) is 16.3 Å². The summed E-state index contributed by atoms with van der Waals surface area (Å²) in [5.74, 6) is -2.02. The molecule has 1 amide bonds. The average molecular weight is 589 g/mol. The van der Waals surface area contributed by atoms with E-state index in [0.29, 0.717) is 41.5 Å². The van der Waals surface area contributed by atoms with Crippen molar-refractivity contribution < 1.29 is 22.7 Å². The van der Waals surface area contributed by atoms with Gasteiger partial charge in [-0.15, -0.1) is 0 Å². The number of aromatic nitrogens is 2. The maximum absolute atomic E-state index is 13.8. The number of nitrogens with two attached hydrogens (primary N) is 1. The molecule has 4 rings (SSSR count). The van der Waals surface area contributed by atoms with Crippen molar-refractivity contribution in [3.05, 3.63) is 105 Å². The van der Waals surface area contributed by atoms with Crippen molar-refractivity contribution in [3.63, 3.8) is 0 Å². The molecule has 42 heavy (non-hydrogen) atoms. The number of benzene rings is 3. The van der Waals surface area contributed by atoms with Crippen LogP contribution in [0, 0.1) is 17.1 Å². The molecule has 9 nitrogen and oxygen atoms in total. The molecule has 0 radical (unpaired) electrons. The largest absolute Gasteiger partial charge is 0.493 e. The highest BCUT2D eigenvalue weighted by Crippen LogP contribution is 2.34. The van der Waals surface area contributed by atoms with Crippen LogP contribution in [0.5, 0.6) is 5.88 Å². The van der Waals surface area contributed by atoms with Gasteiger partial charge in [0, 0.05) is 12.0 Å². The van der Waals surface area contributed by atoms with Gasteiger partial charge in [0.15, 0.2) is 4.90 Å². The van der Waals surface area contributed by atoms with Crippen LogP contribution in [0.4, 0.5) is 4.39 Å². The maximum Gasteiger partial charge on any atom is 0.296 e. The Morgan fingerprint density at radius 1 is 1.12 bits per heavy atom. The van der Waals surface area contributed by atoms with E-state index in [1.165, 1.54) is 34.9 Å². The quantitative estimate of drug-likeness (QED) is 0.267. The maximum atomic E-state index is 13.8. The SMILES string of the molecule is CCCCc1nc(=O)c(S(=O)(=O)c2ccc(-c3ccc(F)cc3C(N)=O)cc2)c(O)n1C(CC)c1cccc(C#N)c1. The summed E-state index contributed by atoms with van der Waals surface area (Å²) in [4.78, 5) is 28.0. The van der Waals surface area contributed by atoms with Crippen LogP contribution in [0.25, 0.3) is 11.1 Å². The number of carbonyl (C=O) groups is 1. The minimum atomic E-state index is -4.58. The lowest BCUT2D eigenvalue weighted by molar-refractivity contribution is 0.100. The Bertz CT molecular complexity index is 1860. The Morgan fingerprint density at radius 2 is 1.83 bits per heavy atom. The number of nitriles is 1. The van der Waals surface area contributed by atoms with Gasteiger partial charge >= 0.3 is 0 Å². The molecule has 0 saturated heterocycles. The van der Waals surface area contributed by atoms with Crippen molar-refractivity contribution in [3.8, 4) is 23.1 Å². The number of rotatable bonds is 10. The van der Waals surface area contributed by atoms with Gasteiger partial charge in [-0.2, -0.15) is 10.2 Å². The van der Waals surface area contributed by atoms with Crippen molar-refractivity contribution in [2.45, 2.75) is 55.4 Å². The zero-order chi connectivity index (χ0) is 30.6. The normalized spacial score (nSPS) is 12.0. The third kappa shape index (κ3) is 5.80. The Morgan fingerprint density at radius 3 is 2.45 bits per heavy atom. The van der Waals surface area contributed by atoms with E-state index < -0.39 is 43.9 Å². The lowest BCUT2D eigenvalue weighted by atomic mass is 9.99. The Balaban J connectivity index is 1.87. The summed E-state index contributed by atoms with van der Waals surface area (Å²) in [6.07, 6.45) is 2.14. The fourth-order valence-electron chi connectivity index (χ4n) is 4.91. The van der Waals surface area contributed by atoms with Crippen LogP contribution in [0.15, 0.2) is 81.3 Å². The second-order valence-corrected chi connectivity index (χ2v) is 11.6. The second-order valence-electron chi connectivity index (χ2n) is 9.70. The molecule has 4 aromatic rings. The molecular weight excluding hydrogens is 559 g/mol. The molecule has 0 bridgehead atoms. The molecule has 3 N–H and O–H groups in total. The highest BCUT2D eigenvalue weighted by molar-refractivity contribution is 7.91. The lowest BCUT2D eigenvalue weighted by Crippen LogP contribution is -2.27. The van der Waals surface area contributed by atoms with Gasteiger partial charge < -0.3 is 10.8 Å². The van der Waals surface area contributed by atoms with Crippen molar-refractivity contribution in [1.29, 1.82) is 5.26 Å². The molecule has 0 aliphatic heterocycles. The number of halogens is 1. The number of carbonyl (C=O) groups excluding carboxylic acids is 1. The second kappa shape index (κ2) is 12.4. The van der Waals surface area contributed by atoms with Crippen molar-refractivity contribution >= 4 is 15.7 Å². The standard InChI is InChI=1S/C31H29FN4O5S/c1-3-5-9-27-35-30(38)28(31(39)36(27)26(4-2)21-8-6-7-19(16-21)18-33)42(40,41)23-13-10-20(11-14-23)24-15-12-22(32)17-25(24)29(34)37/h6-8,10-17,26,39H,3-5,9H2,1-2H3,(H2,34,37). The van der Waals surface area contributed by atoms with Gasteiger partial charge in [-0.05, 0) is 65.9 Å². The lowest BCUT2D eigenvalue weighted by Gasteiger charge is -2.25. The van der Waals surface area contributed by atoms with E-state index in [2.05, 4.69) is 11.1 Å². The summed E-state index contributed by atoms with van der Waals surface area (Å²) < 4.78 is 42.6. The van der Waals surface area contributed by atoms with E-state index >= 15 is 0 Å². The van der Waals surface area contributed by atoms with Crippen LogP contribution >= 0.6 is 0 Å². The highest BCUT2D eigenvalue weighted by atomic mass is 32.2. The number of nitrogens with zero attached hydrogens (tertiary/aromatic N) is 3. The number of hydrogen-bond donors (Lipinski definition) is 2. The molecule has 1 aromatic heterocycles. The molecule has 11 heteroatoms. The van der Waals surface area contributed by atoms with Gasteiger partial charge in [0.1, 0.15) is 11.6 Å². The van der Waals surface area contributed by atoms with Crippen molar-refractivity contribution in [1.82, 2.24) is 9.55 Å². The Labute approximate surface area is 242 Å². The zero-order valence-corrected chi connectivity index (χ0v) is 23.9. The third-order valence-corrected chi connectivity index (χ3v) is 8.77. The number of sulfone groups is 1. The predicted octanol–water partition coefficient (Wildman–Crippen LogP) is 4.90. The van der Waals surface area contributed by atoms with Gasteiger partial charge in [0.05, 0.1) is 22.6 Å². The van der Waals surface area contributed by atoms with E-state index in [4.69, 9.17) is 5.73 Å². The average Bonchev–Trinajstić information content (AvgIpc) is 2.97. The summed E-state index contributed by atoms with van der Waals surface area (Å²) in [5.41, 5.74) is 5.95. The topological polar surface area (TPSA) is 156 Å². The molecule has 0 fully saturated rings. The monoisotopic (exact) mass is 588 g/mol. The summed E-state index contributed by atoms with van der Waals surface area (Å²) in [7, 11) is -4.58. The highest BCUT2D eigenvalue weighted by Gasteiger charge is 2.32. The van der Waals surface area contributed by atoms with Crippen LogP contribution in [-0.4, -0.2) is 29.0 Å². The molecule has 3 aromatic carbocycles. The molecule has 1 atom stereocenters. The summed E-state index contributed by atoms with van der Waals surface area (Å²) in [5, 5.41) is 20.9. The van der Waals surface area contributed by atoms with Gasteiger partial charge in [-0.1, -0.05) is 50.6 Å². The number of unbranched alkanes of at least 4 members (excludes halogenated alkanes) is 1. The van der Waals surface area contributed by atoms with Crippen LogP contribution in [0.1, 0.15) is 66.5 Å². The molecule has 0 saturated carbocycles. The predicted molar refractivity (Wildman–Crippen MR) is 154 cm³/mol. The molecule has 1 unspecified atom stereocenters. The number of aromatic hydroxyl groups is 1. The zero-order valence-electron chi connectivity index (χ0n) is 23.0. The van der Waals surface area contributed by atoms with Crippen LogP contribution < -0.4 is 11.3 Å². The minimum Gasteiger partial charge on any atom is -0.493 e. The van der Waals surface area contributed by atoms with Crippen molar-refractivity contribution in [2.24, 2.45) is 5.73 Å². The molecule has 0 aliphatic carbocycles. The minimum absolute atomic E-state index is 0.0796. The Hall–Kier alpha value is -4.82. The molecule has 216 valence electrons. The van der Waals surface area contributed by atoms with E-state index in [9.17, 15) is 32.8 Å². The van der Waals surface area contributed by atoms with Gasteiger partial charge in [-0.25, -0.2) is 12.8 Å². The fraction of sp³-hybridized carbons (Fsp3) is 0.226. The number of amides is 1. The number of primary amides is 1. The van der Waals surface area contributed by atoms with Crippen LogP contribution in [-0.2, 0) is 16.3 Å². The molecule has 1 heterocycles. The first kappa shape index (κ1) is 30.1. The summed E-state index contributed by atoms with van der Waals surface area (Å²) >= 11 is 0. The molecule has 0 aliphatic rings. The van der Waals surface area contributed by atoms with E-state index in [1.54, 1.807) is 24.3 Å². The van der Waals surface area contributed by atoms with Crippen LogP contribution in [0.3, 0.4) is 0 Å². The summed E-state index contributed by atoms with van der Waals surface area (Å²) in [6, 6.07) is 16.9. The smallest absolute Gasteiger partial charge is 0.296 e. The van der Waals surface area contributed by atoms with Crippen molar-refractivity contribution in [2.75, 3.05) is 0 Å². The summed E-state index contributed by atoms with van der Waals surface area (Å²) in [6.45, 7) is 3.80. The number of hydrogen-bond acceptors (Lipinski definition) is 7. The van der Waals surface area contributed by atoms with E-state index in [0.717, 1.165) is 18.6 Å². The van der Waals surface area contributed by atoms with Crippen LogP contribution in [0.2, 0.25) is 0 Å². The van der Waals surface area contributed by atoms with Gasteiger partial charge in [0.25, 0.3) is 5.56 Å². The van der Waals surface area contributed by atoms with E-state index in [1.807, 2.05) is 13.8 Å². The first-order chi connectivity index (χ1) is 20.0. The first-order valence-corrected chi connectivity index (χ1v) is 14.8. The fourth-order valence-corrected chi connectivity index (χ4v) is 6.25. The third-order valence-electron chi connectivity index (χ3n) is 6.98. The molecule has 0 spiro atoms. The molecular formula is C31H29FN4O5S. The first-order valence-electron chi connectivity index (χ1n) is 13.3.